The van der Waals surface area contributed by atoms with Crippen molar-refractivity contribution in [2.45, 2.75) is 58.5 Å². The fourth-order valence-corrected chi connectivity index (χ4v) is 4.32. The standard InChI is InChI=1S/C25H31N3O2/c1-3-24(29)27-17-8-11-23(27)25-26-21-9-4-5-10-22(21)28(25)16-6-7-18-30-20-14-12-19(2)13-15-20/h4-5,9-10,12-15,23H,3,6-8,11,16-18H2,1-2H3/t23-/m1/s1. The SMILES string of the molecule is CCC(=O)N1CCC[C@@H]1c1nc2ccccc2n1CCCCOc1ccc(C)cc1. The number of ether oxygens (including phenoxy) is 1. The third-order valence-electron chi connectivity index (χ3n) is 5.92. The summed E-state index contributed by atoms with van der Waals surface area (Å²) in [6.07, 6.45) is 4.57. The molecule has 2 aromatic carbocycles. The monoisotopic (exact) mass is 405 g/mol. The topological polar surface area (TPSA) is 47.4 Å². The molecule has 0 aliphatic carbocycles. The van der Waals surface area contributed by atoms with Gasteiger partial charge in [-0.2, -0.15) is 0 Å². The zero-order valence-corrected chi connectivity index (χ0v) is 18.0. The molecule has 0 unspecified atom stereocenters. The summed E-state index contributed by atoms with van der Waals surface area (Å²) in [5, 5.41) is 0. The Morgan fingerprint density at radius 3 is 2.73 bits per heavy atom. The smallest absolute Gasteiger partial charge is 0.222 e. The van der Waals surface area contributed by atoms with Gasteiger partial charge in [-0.3, -0.25) is 4.79 Å². The van der Waals surface area contributed by atoms with Crippen molar-refractivity contribution in [2.75, 3.05) is 13.2 Å². The summed E-state index contributed by atoms with van der Waals surface area (Å²) < 4.78 is 8.21. The number of amides is 1. The van der Waals surface area contributed by atoms with Crippen LogP contribution in [0.5, 0.6) is 5.75 Å². The molecular formula is C25H31N3O2. The molecule has 1 fully saturated rings. The first-order valence-corrected chi connectivity index (χ1v) is 11.1. The third-order valence-corrected chi connectivity index (χ3v) is 5.92. The van der Waals surface area contributed by atoms with E-state index < -0.39 is 0 Å². The first-order chi connectivity index (χ1) is 14.7. The molecule has 1 aromatic heterocycles. The number of imidazole rings is 1. The molecule has 0 N–H and O–H groups in total. The van der Waals surface area contributed by atoms with Crippen LogP contribution in [0, 0.1) is 6.92 Å². The average molecular weight is 406 g/mol. The van der Waals surface area contributed by atoms with Gasteiger partial charge in [-0.1, -0.05) is 36.8 Å². The minimum absolute atomic E-state index is 0.0914. The van der Waals surface area contributed by atoms with Crippen LogP contribution in [0.2, 0.25) is 0 Å². The molecule has 0 saturated carbocycles. The number of benzene rings is 2. The van der Waals surface area contributed by atoms with Gasteiger partial charge < -0.3 is 14.2 Å². The molecule has 1 saturated heterocycles. The van der Waals surface area contributed by atoms with Crippen LogP contribution in [0.3, 0.4) is 0 Å². The number of para-hydroxylation sites is 2. The summed E-state index contributed by atoms with van der Waals surface area (Å²) in [7, 11) is 0. The van der Waals surface area contributed by atoms with Crippen LogP contribution in [-0.2, 0) is 11.3 Å². The maximum absolute atomic E-state index is 12.5. The van der Waals surface area contributed by atoms with Gasteiger partial charge in [0.2, 0.25) is 5.91 Å². The molecule has 30 heavy (non-hydrogen) atoms. The number of unbranched alkanes of at least 4 members (excludes halogenated alkanes) is 1. The number of hydrogen-bond donors (Lipinski definition) is 0. The van der Waals surface area contributed by atoms with Crippen LogP contribution >= 0.6 is 0 Å². The van der Waals surface area contributed by atoms with Gasteiger partial charge >= 0.3 is 0 Å². The third kappa shape index (κ3) is 4.35. The van der Waals surface area contributed by atoms with Gasteiger partial charge in [0.05, 0.1) is 23.7 Å². The zero-order chi connectivity index (χ0) is 20.9. The van der Waals surface area contributed by atoms with Gasteiger partial charge in [0.25, 0.3) is 0 Å². The summed E-state index contributed by atoms with van der Waals surface area (Å²) in [4.78, 5) is 19.4. The predicted molar refractivity (Wildman–Crippen MR) is 120 cm³/mol. The van der Waals surface area contributed by atoms with Gasteiger partial charge in [-0.05, 0) is 56.9 Å². The summed E-state index contributed by atoms with van der Waals surface area (Å²) in [6, 6.07) is 16.6. The van der Waals surface area contributed by atoms with Crippen LogP contribution in [0.4, 0.5) is 0 Å². The maximum atomic E-state index is 12.5. The van der Waals surface area contributed by atoms with E-state index in [0.29, 0.717) is 13.0 Å². The predicted octanol–water partition coefficient (Wildman–Crippen LogP) is 5.28. The number of aryl methyl sites for hydroxylation is 2. The molecule has 0 bridgehead atoms. The summed E-state index contributed by atoms with van der Waals surface area (Å²) in [5.41, 5.74) is 3.41. The molecule has 1 amide bonds. The minimum Gasteiger partial charge on any atom is -0.494 e. The number of carbonyl (C=O) groups is 1. The Labute approximate surface area is 178 Å². The highest BCUT2D eigenvalue weighted by Gasteiger charge is 2.32. The molecule has 2 heterocycles. The first kappa shape index (κ1) is 20.5. The maximum Gasteiger partial charge on any atom is 0.222 e. The number of hydrogen-bond acceptors (Lipinski definition) is 3. The number of likely N-dealkylation sites (tertiary alicyclic amines) is 1. The van der Waals surface area contributed by atoms with Crippen molar-refractivity contribution < 1.29 is 9.53 Å². The number of fused-ring (bicyclic) bond motifs is 1. The van der Waals surface area contributed by atoms with Crippen LogP contribution in [0.15, 0.2) is 48.5 Å². The van der Waals surface area contributed by atoms with Crippen LogP contribution < -0.4 is 4.74 Å². The lowest BCUT2D eigenvalue weighted by Gasteiger charge is -2.25. The number of rotatable bonds is 8. The van der Waals surface area contributed by atoms with Crippen LogP contribution in [0.1, 0.15) is 56.5 Å². The second-order valence-corrected chi connectivity index (χ2v) is 8.08. The number of carbonyl (C=O) groups excluding carboxylic acids is 1. The molecule has 3 aromatic rings. The lowest BCUT2D eigenvalue weighted by molar-refractivity contribution is -0.131. The lowest BCUT2D eigenvalue weighted by Crippen LogP contribution is -2.31. The highest BCUT2D eigenvalue weighted by Crippen LogP contribution is 2.34. The first-order valence-electron chi connectivity index (χ1n) is 11.1. The molecular weight excluding hydrogens is 374 g/mol. The van der Waals surface area contributed by atoms with Crippen LogP contribution in [0.25, 0.3) is 11.0 Å². The fourth-order valence-electron chi connectivity index (χ4n) is 4.32. The Hall–Kier alpha value is -2.82. The molecule has 0 spiro atoms. The quantitative estimate of drug-likeness (QED) is 0.479. The Kier molecular flexibility index (Phi) is 6.36. The Morgan fingerprint density at radius 2 is 1.93 bits per heavy atom. The van der Waals surface area contributed by atoms with Crippen LogP contribution in [-0.4, -0.2) is 33.5 Å². The number of nitrogens with zero attached hydrogens (tertiary/aromatic N) is 3. The van der Waals surface area contributed by atoms with Crippen molar-refractivity contribution in [3.63, 3.8) is 0 Å². The second-order valence-electron chi connectivity index (χ2n) is 8.08. The number of aromatic nitrogens is 2. The van der Waals surface area contributed by atoms with E-state index in [2.05, 4.69) is 41.8 Å². The van der Waals surface area contributed by atoms with E-state index in [1.54, 1.807) is 0 Å². The largest absolute Gasteiger partial charge is 0.494 e. The van der Waals surface area contributed by atoms with E-state index in [1.807, 2.05) is 30.0 Å². The van der Waals surface area contributed by atoms with E-state index in [-0.39, 0.29) is 11.9 Å². The van der Waals surface area contributed by atoms with Crippen molar-refractivity contribution in [3.05, 3.63) is 59.9 Å². The van der Waals surface area contributed by atoms with E-state index >= 15 is 0 Å². The molecule has 4 rings (SSSR count). The Balaban J connectivity index is 1.45. The lowest BCUT2D eigenvalue weighted by atomic mass is 10.2. The van der Waals surface area contributed by atoms with Crippen molar-refractivity contribution in [1.82, 2.24) is 14.5 Å². The van der Waals surface area contributed by atoms with Gasteiger partial charge in [0, 0.05) is 19.5 Å². The molecule has 5 nitrogen and oxygen atoms in total. The normalized spacial score (nSPS) is 16.3. The molecule has 0 radical (unpaired) electrons. The molecule has 1 atom stereocenters. The minimum atomic E-state index is 0.0914. The van der Waals surface area contributed by atoms with E-state index in [9.17, 15) is 4.79 Å². The second kappa shape index (κ2) is 9.33. The van der Waals surface area contributed by atoms with Crippen molar-refractivity contribution in [3.8, 4) is 5.75 Å². The molecule has 158 valence electrons. The zero-order valence-electron chi connectivity index (χ0n) is 18.0. The van der Waals surface area contributed by atoms with Gasteiger partial charge in [0.1, 0.15) is 11.6 Å². The summed E-state index contributed by atoms with van der Waals surface area (Å²) in [6.45, 7) is 6.45. The highest BCUT2D eigenvalue weighted by atomic mass is 16.5. The van der Waals surface area contributed by atoms with E-state index in [1.165, 1.54) is 5.56 Å². The highest BCUT2D eigenvalue weighted by molar-refractivity contribution is 5.78. The summed E-state index contributed by atoms with van der Waals surface area (Å²) in [5.74, 6) is 2.19. The van der Waals surface area contributed by atoms with Gasteiger partial charge in [-0.15, -0.1) is 0 Å². The van der Waals surface area contributed by atoms with Crippen molar-refractivity contribution in [2.24, 2.45) is 0 Å². The van der Waals surface area contributed by atoms with E-state index in [0.717, 1.165) is 61.4 Å². The molecule has 1 aliphatic heterocycles. The average Bonchev–Trinajstić information content (AvgIpc) is 3.39. The van der Waals surface area contributed by atoms with Crippen molar-refractivity contribution >= 4 is 16.9 Å². The molecule has 5 heteroatoms. The van der Waals surface area contributed by atoms with Crippen molar-refractivity contribution in [1.29, 1.82) is 0 Å². The molecule has 1 aliphatic rings. The summed E-state index contributed by atoms with van der Waals surface area (Å²) >= 11 is 0. The Bertz CT molecular complexity index is 993. The van der Waals surface area contributed by atoms with Gasteiger partial charge in [-0.25, -0.2) is 4.98 Å². The Morgan fingerprint density at radius 1 is 1.13 bits per heavy atom. The van der Waals surface area contributed by atoms with Gasteiger partial charge in [0.15, 0.2) is 0 Å². The fraction of sp³-hybridized carbons (Fsp3) is 0.440. The van der Waals surface area contributed by atoms with E-state index in [4.69, 9.17) is 9.72 Å².